The highest BCUT2D eigenvalue weighted by Gasteiger charge is 2.17. The zero-order valence-corrected chi connectivity index (χ0v) is 9.18. The highest BCUT2D eigenvalue weighted by molar-refractivity contribution is 5.96. The number of methoxy groups -OCH3 is 1. The largest absolute Gasteiger partial charge is 0.465 e. The lowest BCUT2D eigenvalue weighted by molar-refractivity contribution is 0.0601. The fourth-order valence-electron chi connectivity index (χ4n) is 1.58. The Morgan fingerprint density at radius 2 is 2.06 bits per heavy atom. The number of hydrogen-bond acceptors (Lipinski definition) is 3. The van der Waals surface area contributed by atoms with Gasteiger partial charge in [-0.25, -0.2) is 9.18 Å². The van der Waals surface area contributed by atoms with E-state index >= 15 is 0 Å². The average molecular weight is 231 g/mol. The molecule has 2 aromatic rings. The van der Waals surface area contributed by atoms with Crippen molar-refractivity contribution in [3.63, 3.8) is 0 Å². The molecule has 0 aliphatic heterocycles. The fraction of sp³-hybridized carbons (Fsp3) is 0.0769. The van der Waals surface area contributed by atoms with Crippen molar-refractivity contribution in [2.75, 3.05) is 7.11 Å². The van der Waals surface area contributed by atoms with Crippen LogP contribution in [0.2, 0.25) is 0 Å². The Labute approximate surface area is 97.9 Å². The van der Waals surface area contributed by atoms with Crippen LogP contribution in [-0.4, -0.2) is 18.1 Å². The molecule has 0 N–H and O–H groups in total. The van der Waals surface area contributed by atoms with Crippen LogP contribution in [0.5, 0.6) is 0 Å². The second-order valence-electron chi connectivity index (χ2n) is 3.37. The van der Waals surface area contributed by atoms with Crippen LogP contribution in [0.4, 0.5) is 4.39 Å². The Balaban J connectivity index is 2.64. The number of esters is 1. The molecule has 1 heterocycles. The van der Waals surface area contributed by atoms with E-state index in [1.165, 1.54) is 25.3 Å². The van der Waals surface area contributed by atoms with Gasteiger partial charge in [-0.3, -0.25) is 4.98 Å². The van der Waals surface area contributed by atoms with Gasteiger partial charge >= 0.3 is 5.97 Å². The van der Waals surface area contributed by atoms with Crippen molar-refractivity contribution < 1.29 is 13.9 Å². The molecule has 1 aromatic heterocycles. The first kappa shape index (κ1) is 11.3. The predicted octanol–water partition coefficient (Wildman–Crippen LogP) is 2.67. The normalized spacial score (nSPS) is 10.0. The zero-order chi connectivity index (χ0) is 12.3. The van der Waals surface area contributed by atoms with Gasteiger partial charge in [-0.05, 0) is 24.3 Å². The predicted molar refractivity (Wildman–Crippen MR) is 61.0 cm³/mol. The van der Waals surface area contributed by atoms with E-state index < -0.39 is 11.8 Å². The summed E-state index contributed by atoms with van der Waals surface area (Å²) in [5, 5.41) is 0. The Hall–Kier alpha value is -2.23. The summed E-state index contributed by atoms with van der Waals surface area (Å²) in [6.07, 6.45) is 1.54. The summed E-state index contributed by atoms with van der Waals surface area (Å²) in [6, 6.07) is 9.37. The molecular formula is C13H10FNO2. The van der Waals surface area contributed by atoms with Crippen LogP contribution >= 0.6 is 0 Å². The molecule has 17 heavy (non-hydrogen) atoms. The highest BCUT2D eigenvalue weighted by Crippen LogP contribution is 2.25. The molecule has 0 saturated heterocycles. The van der Waals surface area contributed by atoms with Crippen molar-refractivity contribution >= 4 is 5.97 Å². The monoisotopic (exact) mass is 231 g/mol. The average Bonchev–Trinajstić information content (AvgIpc) is 2.38. The van der Waals surface area contributed by atoms with Gasteiger partial charge in [-0.2, -0.15) is 0 Å². The standard InChI is InChI=1S/C13H10FNO2/c1-17-13(16)9-5-4-6-10(14)12(9)11-7-2-3-8-15-11/h2-8H,1H3. The quantitative estimate of drug-likeness (QED) is 0.746. The summed E-state index contributed by atoms with van der Waals surface area (Å²) in [5.74, 6) is -1.07. The minimum absolute atomic E-state index is 0.167. The molecule has 0 unspecified atom stereocenters. The first-order valence-corrected chi connectivity index (χ1v) is 5.02. The Morgan fingerprint density at radius 1 is 1.24 bits per heavy atom. The maximum atomic E-state index is 13.8. The number of halogens is 1. The minimum atomic E-state index is -0.579. The lowest BCUT2D eigenvalue weighted by Gasteiger charge is -2.08. The molecule has 0 amide bonds. The van der Waals surface area contributed by atoms with Gasteiger partial charge in [0.05, 0.1) is 23.9 Å². The van der Waals surface area contributed by atoms with Crippen molar-refractivity contribution in [3.8, 4) is 11.3 Å². The maximum absolute atomic E-state index is 13.8. The number of rotatable bonds is 2. The number of carbonyl (C=O) groups excluding carboxylic acids is 1. The third kappa shape index (κ3) is 2.15. The van der Waals surface area contributed by atoms with Crippen LogP contribution in [0.1, 0.15) is 10.4 Å². The molecule has 2 rings (SSSR count). The number of carbonyl (C=O) groups is 1. The van der Waals surface area contributed by atoms with E-state index in [4.69, 9.17) is 0 Å². The number of benzene rings is 1. The lowest BCUT2D eigenvalue weighted by atomic mass is 10.0. The van der Waals surface area contributed by atoms with Crippen molar-refractivity contribution in [2.24, 2.45) is 0 Å². The van der Waals surface area contributed by atoms with Crippen molar-refractivity contribution in [2.45, 2.75) is 0 Å². The smallest absolute Gasteiger partial charge is 0.338 e. The molecule has 0 atom stereocenters. The van der Waals surface area contributed by atoms with Crippen LogP contribution < -0.4 is 0 Å². The van der Waals surface area contributed by atoms with Gasteiger partial charge in [0.25, 0.3) is 0 Å². The van der Waals surface area contributed by atoms with Crippen molar-refractivity contribution in [1.82, 2.24) is 4.98 Å². The van der Waals surface area contributed by atoms with E-state index in [1.54, 1.807) is 24.4 Å². The third-order valence-electron chi connectivity index (χ3n) is 2.34. The van der Waals surface area contributed by atoms with Gasteiger partial charge < -0.3 is 4.74 Å². The summed E-state index contributed by atoms with van der Waals surface area (Å²) < 4.78 is 18.4. The molecule has 0 aliphatic carbocycles. The SMILES string of the molecule is COC(=O)c1cccc(F)c1-c1ccccn1. The molecule has 86 valence electrons. The van der Waals surface area contributed by atoms with E-state index in [0.717, 1.165) is 0 Å². The maximum Gasteiger partial charge on any atom is 0.338 e. The molecule has 0 bridgehead atoms. The minimum Gasteiger partial charge on any atom is -0.465 e. The van der Waals surface area contributed by atoms with Gasteiger partial charge in [0.15, 0.2) is 0 Å². The number of hydrogen-bond donors (Lipinski definition) is 0. The second kappa shape index (κ2) is 4.74. The summed E-state index contributed by atoms with van der Waals surface area (Å²) in [7, 11) is 1.26. The molecule has 0 spiro atoms. The second-order valence-corrected chi connectivity index (χ2v) is 3.37. The fourth-order valence-corrected chi connectivity index (χ4v) is 1.58. The van der Waals surface area contributed by atoms with E-state index in [-0.39, 0.29) is 11.1 Å². The molecule has 0 fully saturated rings. The lowest BCUT2D eigenvalue weighted by Crippen LogP contribution is -2.05. The summed E-state index contributed by atoms with van der Waals surface area (Å²) in [4.78, 5) is 15.6. The zero-order valence-electron chi connectivity index (χ0n) is 9.18. The van der Waals surface area contributed by atoms with Crippen LogP contribution in [0.25, 0.3) is 11.3 Å². The van der Waals surface area contributed by atoms with Gasteiger partial charge in [-0.1, -0.05) is 12.1 Å². The topological polar surface area (TPSA) is 39.2 Å². The van der Waals surface area contributed by atoms with E-state index in [1.807, 2.05) is 0 Å². The first-order chi connectivity index (χ1) is 8.24. The van der Waals surface area contributed by atoms with Crippen LogP contribution in [0.15, 0.2) is 42.6 Å². The third-order valence-corrected chi connectivity index (χ3v) is 2.34. The molecule has 0 radical (unpaired) electrons. The summed E-state index contributed by atoms with van der Waals surface area (Å²) in [6.45, 7) is 0. The Morgan fingerprint density at radius 3 is 2.71 bits per heavy atom. The van der Waals surface area contributed by atoms with E-state index in [0.29, 0.717) is 5.69 Å². The molecule has 0 aliphatic rings. The van der Waals surface area contributed by atoms with Gasteiger partial charge in [0.2, 0.25) is 0 Å². The van der Waals surface area contributed by atoms with Crippen molar-refractivity contribution in [3.05, 3.63) is 54.0 Å². The van der Waals surface area contributed by atoms with Crippen LogP contribution in [-0.2, 0) is 4.74 Å². The van der Waals surface area contributed by atoms with E-state index in [2.05, 4.69) is 9.72 Å². The van der Waals surface area contributed by atoms with Crippen LogP contribution in [0.3, 0.4) is 0 Å². The number of nitrogens with zero attached hydrogens (tertiary/aromatic N) is 1. The van der Waals surface area contributed by atoms with Gasteiger partial charge in [-0.15, -0.1) is 0 Å². The molecule has 1 aromatic carbocycles. The molecular weight excluding hydrogens is 221 g/mol. The van der Waals surface area contributed by atoms with Crippen LogP contribution in [0, 0.1) is 5.82 Å². The Kier molecular flexibility index (Phi) is 3.14. The van der Waals surface area contributed by atoms with Gasteiger partial charge in [0, 0.05) is 6.20 Å². The van der Waals surface area contributed by atoms with Gasteiger partial charge in [0.1, 0.15) is 5.82 Å². The summed E-state index contributed by atoms with van der Waals surface area (Å²) in [5.41, 5.74) is 0.747. The Bertz CT molecular complexity index is 540. The molecule has 0 saturated carbocycles. The molecule has 3 nitrogen and oxygen atoms in total. The number of ether oxygens (including phenoxy) is 1. The van der Waals surface area contributed by atoms with E-state index in [9.17, 15) is 9.18 Å². The van der Waals surface area contributed by atoms with Crippen molar-refractivity contribution in [1.29, 1.82) is 0 Å². The number of aromatic nitrogens is 1. The first-order valence-electron chi connectivity index (χ1n) is 5.02. The number of pyridine rings is 1. The highest BCUT2D eigenvalue weighted by atomic mass is 19.1. The summed E-state index contributed by atoms with van der Waals surface area (Å²) >= 11 is 0. The molecule has 4 heteroatoms.